The number of hydrogen-bond donors (Lipinski definition) is 0. The number of rotatable bonds is 2. The third-order valence-corrected chi connectivity index (χ3v) is 3.50. The average Bonchev–Trinajstić information content (AvgIpc) is 2.31. The van der Waals surface area contributed by atoms with Crippen LogP contribution in [-0.2, 0) is 0 Å². The minimum Gasteiger partial charge on any atom is -0.288 e. The number of benzene rings is 2. The molecule has 19 heavy (non-hydrogen) atoms. The Hall–Kier alpha value is -1.14. The third kappa shape index (κ3) is 2.74. The summed E-state index contributed by atoms with van der Waals surface area (Å²) in [5, 5.41) is 0. The first-order valence-electron chi connectivity index (χ1n) is 5.05. The second kappa shape index (κ2) is 5.46. The summed E-state index contributed by atoms with van der Waals surface area (Å²) in [6.07, 6.45) is 0. The fourth-order valence-electron chi connectivity index (χ4n) is 1.57. The van der Waals surface area contributed by atoms with Crippen LogP contribution in [0.1, 0.15) is 15.9 Å². The van der Waals surface area contributed by atoms with E-state index in [9.17, 15) is 18.0 Å². The summed E-state index contributed by atoms with van der Waals surface area (Å²) in [7, 11) is 0. The van der Waals surface area contributed by atoms with Crippen molar-refractivity contribution in [2.24, 2.45) is 0 Å². The van der Waals surface area contributed by atoms with Gasteiger partial charge in [0.1, 0.15) is 17.5 Å². The van der Waals surface area contributed by atoms with Gasteiger partial charge in [-0.2, -0.15) is 0 Å². The van der Waals surface area contributed by atoms with Gasteiger partial charge in [0.25, 0.3) is 0 Å². The average molecular weight is 394 g/mol. The van der Waals surface area contributed by atoms with Gasteiger partial charge in [-0.1, -0.05) is 22.0 Å². The predicted octanol–water partition coefficient (Wildman–Crippen LogP) is 4.86. The third-order valence-electron chi connectivity index (χ3n) is 2.43. The summed E-state index contributed by atoms with van der Waals surface area (Å²) in [5.74, 6) is -3.98. The molecule has 0 aliphatic carbocycles. The van der Waals surface area contributed by atoms with Gasteiger partial charge in [-0.3, -0.25) is 4.79 Å². The first-order valence-corrected chi connectivity index (χ1v) is 6.63. The summed E-state index contributed by atoms with van der Waals surface area (Å²) in [6, 6.07) is 5.87. The fourth-order valence-corrected chi connectivity index (χ4v) is 2.34. The Kier molecular flexibility index (Phi) is 4.10. The molecule has 1 nitrogen and oxygen atoms in total. The van der Waals surface area contributed by atoms with Crippen molar-refractivity contribution in [3.63, 3.8) is 0 Å². The molecule has 0 heterocycles. The molecule has 0 aromatic heterocycles. The van der Waals surface area contributed by atoms with Crippen molar-refractivity contribution in [2.75, 3.05) is 0 Å². The highest BCUT2D eigenvalue weighted by atomic mass is 79.9. The zero-order valence-corrected chi connectivity index (χ0v) is 12.4. The highest BCUT2D eigenvalue weighted by molar-refractivity contribution is 9.10. The largest absolute Gasteiger partial charge is 0.288 e. The molecular formula is C13H5Br2F3O. The maximum absolute atomic E-state index is 13.8. The molecule has 0 bridgehead atoms. The molecule has 98 valence electrons. The van der Waals surface area contributed by atoms with E-state index >= 15 is 0 Å². The predicted molar refractivity (Wildman–Crippen MR) is 71.6 cm³/mol. The topological polar surface area (TPSA) is 17.1 Å². The highest BCUT2D eigenvalue weighted by Crippen LogP contribution is 2.25. The van der Waals surface area contributed by atoms with E-state index in [1.54, 1.807) is 0 Å². The smallest absolute Gasteiger partial charge is 0.201 e. The molecule has 0 saturated carbocycles. The number of halogens is 5. The van der Waals surface area contributed by atoms with Crippen LogP contribution in [-0.4, -0.2) is 5.78 Å². The van der Waals surface area contributed by atoms with Gasteiger partial charge >= 0.3 is 0 Å². The lowest BCUT2D eigenvalue weighted by molar-refractivity contribution is 0.102. The van der Waals surface area contributed by atoms with Gasteiger partial charge in [-0.15, -0.1) is 0 Å². The molecule has 0 spiro atoms. The number of ketones is 1. The standard InChI is InChI=1S/C13H5Br2F3O/c14-6-4-9(16)11(10(17)5-6)13(19)7-2-1-3-8(15)12(7)18/h1-5H. The lowest BCUT2D eigenvalue weighted by Gasteiger charge is -2.07. The van der Waals surface area contributed by atoms with Gasteiger partial charge in [-0.25, -0.2) is 13.2 Å². The Morgan fingerprint density at radius 3 is 2.16 bits per heavy atom. The molecule has 0 aliphatic heterocycles. The monoisotopic (exact) mass is 392 g/mol. The van der Waals surface area contributed by atoms with E-state index in [0.29, 0.717) is 0 Å². The van der Waals surface area contributed by atoms with Crippen LogP contribution in [0.3, 0.4) is 0 Å². The Bertz CT molecular complexity index is 648. The van der Waals surface area contributed by atoms with Crippen molar-refractivity contribution in [2.45, 2.75) is 0 Å². The van der Waals surface area contributed by atoms with Gasteiger partial charge in [-0.05, 0) is 40.2 Å². The summed E-state index contributed by atoms with van der Waals surface area (Å²) < 4.78 is 41.3. The van der Waals surface area contributed by atoms with Gasteiger partial charge in [0.15, 0.2) is 0 Å². The summed E-state index contributed by atoms with van der Waals surface area (Å²) >= 11 is 5.82. The van der Waals surface area contributed by atoms with E-state index in [0.717, 1.165) is 12.1 Å². The molecule has 2 aromatic carbocycles. The summed E-state index contributed by atoms with van der Waals surface area (Å²) in [5.41, 5.74) is -1.17. The molecule has 6 heteroatoms. The van der Waals surface area contributed by atoms with Gasteiger partial charge in [0, 0.05) is 4.47 Å². The second-order valence-electron chi connectivity index (χ2n) is 3.67. The zero-order valence-electron chi connectivity index (χ0n) is 9.18. The Morgan fingerprint density at radius 1 is 1.00 bits per heavy atom. The van der Waals surface area contributed by atoms with Crippen molar-refractivity contribution < 1.29 is 18.0 Å². The fraction of sp³-hybridized carbons (Fsp3) is 0. The van der Waals surface area contributed by atoms with E-state index in [4.69, 9.17) is 0 Å². The number of carbonyl (C=O) groups is 1. The van der Waals surface area contributed by atoms with Crippen LogP contribution in [0.2, 0.25) is 0 Å². The molecule has 0 aliphatic rings. The molecule has 0 radical (unpaired) electrons. The number of carbonyl (C=O) groups excluding carboxylic acids is 1. The SMILES string of the molecule is O=C(c1cccc(Br)c1F)c1c(F)cc(Br)cc1F. The van der Waals surface area contributed by atoms with Crippen LogP contribution in [0.15, 0.2) is 39.3 Å². The number of hydrogen-bond acceptors (Lipinski definition) is 1. The van der Waals surface area contributed by atoms with Gasteiger partial charge < -0.3 is 0 Å². The molecule has 0 unspecified atom stereocenters. The van der Waals surface area contributed by atoms with E-state index < -0.39 is 34.4 Å². The molecule has 0 fully saturated rings. The van der Waals surface area contributed by atoms with Crippen LogP contribution in [0.4, 0.5) is 13.2 Å². The highest BCUT2D eigenvalue weighted by Gasteiger charge is 2.23. The van der Waals surface area contributed by atoms with Crippen molar-refractivity contribution >= 4 is 37.6 Å². The lowest BCUT2D eigenvalue weighted by atomic mass is 10.0. The molecule has 0 saturated heterocycles. The van der Waals surface area contributed by atoms with Crippen LogP contribution in [0.25, 0.3) is 0 Å². The molecule has 0 amide bonds. The minimum absolute atomic E-state index is 0.0521. The first kappa shape index (κ1) is 14.3. The first-order chi connectivity index (χ1) is 8.91. The quantitative estimate of drug-likeness (QED) is 0.666. The molecule has 0 atom stereocenters. The van der Waals surface area contributed by atoms with E-state index in [-0.39, 0.29) is 8.95 Å². The van der Waals surface area contributed by atoms with Crippen LogP contribution in [0, 0.1) is 17.5 Å². The van der Waals surface area contributed by atoms with Crippen molar-refractivity contribution in [3.8, 4) is 0 Å². The molecule has 2 aromatic rings. The Labute approximate surface area is 123 Å². The Balaban J connectivity index is 2.60. The van der Waals surface area contributed by atoms with Crippen LogP contribution >= 0.6 is 31.9 Å². The summed E-state index contributed by atoms with van der Waals surface area (Å²) in [6.45, 7) is 0. The van der Waals surface area contributed by atoms with E-state index in [2.05, 4.69) is 31.9 Å². The second-order valence-corrected chi connectivity index (χ2v) is 5.44. The van der Waals surface area contributed by atoms with Crippen molar-refractivity contribution in [3.05, 3.63) is 67.9 Å². The maximum atomic E-state index is 13.8. The Morgan fingerprint density at radius 2 is 1.58 bits per heavy atom. The molecular weight excluding hydrogens is 389 g/mol. The van der Waals surface area contributed by atoms with E-state index in [1.165, 1.54) is 18.2 Å². The van der Waals surface area contributed by atoms with Gasteiger partial charge in [0.05, 0.1) is 15.6 Å². The van der Waals surface area contributed by atoms with Crippen molar-refractivity contribution in [1.82, 2.24) is 0 Å². The maximum Gasteiger partial charge on any atom is 0.201 e. The normalized spacial score (nSPS) is 10.6. The van der Waals surface area contributed by atoms with E-state index in [1.807, 2.05) is 0 Å². The van der Waals surface area contributed by atoms with Crippen LogP contribution in [0.5, 0.6) is 0 Å². The zero-order chi connectivity index (χ0) is 14.2. The minimum atomic E-state index is -1.05. The van der Waals surface area contributed by atoms with Crippen LogP contribution < -0.4 is 0 Å². The lowest BCUT2D eigenvalue weighted by Crippen LogP contribution is -2.10. The molecule has 0 N–H and O–H groups in total. The van der Waals surface area contributed by atoms with Crippen molar-refractivity contribution in [1.29, 1.82) is 0 Å². The molecule has 2 rings (SSSR count). The summed E-state index contributed by atoms with van der Waals surface area (Å²) in [4.78, 5) is 12.0. The van der Waals surface area contributed by atoms with Gasteiger partial charge in [0.2, 0.25) is 5.78 Å².